The molecular formula is C11H9FN2. The minimum atomic E-state index is -0.286. The van der Waals surface area contributed by atoms with Crippen LogP contribution < -0.4 is 5.73 Å². The zero-order chi connectivity index (χ0) is 9.97. The van der Waals surface area contributed by atoms with Crippen molar-refractivity contribution in [2.75, 3.05) is 5.73 Å². The summed E-state index contributed by atoms with van der Waals surface area (Å²) in [6, 6.07) is 11.6. The van der Waals surface area contributed by atoms with Crippen molar-refractivity contribution in [2.45, 2.75) is 0 Å². The molecule has 2 N–H and O–H groups in total. The van der Waals surface area contributed by atoms with E-state index in [0.717, 1.165) is 0 Å². The Morgan fingerprint density at radius 1 is 1.00 bits per heavy atom. The van der Waals surface area contributed by atoms with Gasteiger partial charge in [0, 0.05) is 5.56 Å². The van der Waals surface area contributed by atoms with Crippen LogP contribution in [0.4, 0.5) is 10.2 Å². The van der Waals surface area contributed by atoms with Crippen LogP contribution in [0.2, 0.25) is 0 Å². The maximum absolute atomic E-state index is 13.3. The fourth-order valence-electron chi connectivity index (χ4n) is 1.27. The van der Waals surface area contributed by atoms with Gasteiger partial charge in [0.05, 0.1) is 5.69 Å². The number of benzene rings is 1. The highest BCUT2D eigenvalue weighted by atomic mass is 19.1. The quantitative estimate of drug-likeness (QED) is 0.746. The monoisotopic (exact) mass is 188 g/mol. The predicted molar refractivity (Wildman–Crippen MR) is 54.0 cm³/mol. The molecule has 0 amide bonds. The highest BCUT2D eigenvalue weighted by Gasteiger charge is 2.04. The predicted octanol–water partition coefficient (Wildman–Crippen LogP) is 2.47. The molecule has 0 spiro atoms. The van der Waals surface area contributed by atoms with Gasteiger partial charge < -0.3 is 5.73 Å². The second kappa shape index (κ2) is 3.46. The van der Waals surface area contributed by atoms with Crippen LogP contribution in [0.5, 0.6) is 0 Å². The van der Waals surface area contributed by atoms with Crippen molar-refractivity contribution in [1.82, 2.24) is 4.98 Å². The molecule has 0 bridgehead atoms. The number of rotatable bonds is 1. The van der Waals surface area contributed by atoms with Gasteiger partial charge in [-0.3, -0.25) is 0 Å². The molecule has 2 aromatic rings. The van der Waals surface area contributed by atoms with Gasteiger partial charge in [0.15, 0.2) is 0 Å². The second-order valence-corrected chi connectivity index (χ2v) is 2.93. The number of pyridine rings is 1. The molecule has 14 heavy (non-hydrogen) atoms. The fraction of sp³-hybridized carbons (Fsp3) is 0. The summed E-state index contributed by atoms with van der Waals surface area (Å²) < 4.78 is 13.3. The van der Waals surface area contributed by atoms with Gasteiger partial charge in [-0.25, -0.2) is 9.37 Å². The van der Waals surface area contributed by atoms with Gasteiger partial charge in [-0.15, -0.1) is 0 Å². The van der Waals surface area contributed by atoms with Crippen molar-refractivity contribution in [3.8, 4) is 11.3 Å². The molecular weight excluding hydrogens is 179 g/mol. The Labute approximate surface area is 81.2 Å². The summed E-state index contributed by atoms with van der Waals surface area (Å²) in [5, 5.41) is 0. The van der Waals surface area contributed by atoms with Crippen LogP contribution in [0.3, 0.4) is 0 Å². The van der Waals surface area contributed by atoms with Gasteiger partial charge in [-0.2, -0.15) is 0 Å². The lowest BCUT2D eigenvalue weighted by atomic mass is 10.1. The number of aromatic nitrogens is 1. The summed E-state index contributed by atoms with van der Waals surface area (Å²) in [5.41, 5.74) is 6.54. The first-order chi connectivity index (χ1) is 6.77. The Hall–Kier alpha value is -1.90. The molecule has 0 aliphatic heterocycles. The van der Waals surface area contributed by atoms with Crippen LogP contribution in [0.25, 0.3) is 11.3 Å². The molecule has 0 aliphatic carbocycles. The van der Waals surface area contributed by atoms with E-state index in [1.54, 1.807) is 36.4 Å². The smallest absolute Gasteiger partial charge is 0.132 e. The zero-order valence-electron chi connectivity index (χ0n) is 7.44. The molecule has 3 heteroatoms. The Kier molecular flexibility index (Phi) is 2.14. The first kappa shape index (κ1) is 8.69. The standard InChI is InChI=1S/C11H9FN2/c12-9-5-2-1-4-8(9)10-6-3-7-11(13)14-10/h1-7H,(H2,13,14). The molecule has 0 saturated carbocycles. The van der Waals surface area contributed by atoms with Crippen molar-refractivity contribution in [1.29, 1.82) is 0 Å². The third-order valence-corrected chi connectivity index (χ3v) is 1.92. The van der Waals surface area contributed by atoms with Gasteiger partial charge in [-0.05, 0) is 24.3 Å². The first-order valence-corrected chi connectivity index (χ1v) is 4.25. The van der Waals surface area contributed by atoms with E-state index in [-0.39, 0.29) is 5.82 Å². The minimum absolute atomic E-state index is 0.286. The van der Waals surface area contributed by atoms with Crippen LogP contribution in [0.15, 0.2) is 42.5 Å². The maximum Gasteiger partial charge on any atom is 0.132 e. The normalized spacial score (nSPS) is 10.1. The molecule has 1 heterocycles. The van der Waals surface area contributed by atoms with E-state index < -0.39 is 0 Å². The summed E-state index contributed by atoms with van der Waals surface area (Å²) in [7, 11) is 0. The van der Waals surface area contributed by atoms with Gasteiger partial charge >= 0.3 is 0 Å². The van der Waals surface area contributed by atoms with Gasteiger partial charge in [-0.1, -0.05) is 18.2 Å². The number of halogens is 1. The molecule has 70 valence electrons. The summed E-state index contributed by atoms with van der Waals surface area (Å²) in [4.78, 5) is 4.04. The van der Waals surface area contributed by atoms with Crippen LogP contribution in [-0.2, 0) is 0 Å². The Morgan fingerprint density at radius 3 is 2.50 bits per heavy atom. The number of anilines is 1. The van der Waals surface area contributed by atoms with Gasteiger partial charge in [0.2, 0.25) is 0 Å². The minimum Gasteiger partial charge on any atom is -0.384 e. The number of nitrogen functional groups attached to an aromatic ring is 1. The van der Waals surface area contributed by atoms with E-state index in [0.29, 0.717) is 17.1 Å². The third kappa shape index (κ3) is 1.57. The Balaban J connectivity index is 2.55. The van der Waals surface area contributed by atoms with Gasteiger partial charge in [0.25, 0.3) is 0 Å². The van der Waals surface area contributed by atoms with Crippen LogP contribution >= 0.6 is 0 Å². The van der Waals surface area contributed by atoms with E-state index in [9.17, 15) is 4.39 Å². The average molecular weight is 188 g/mol. The topological polar surface area (TPSA) is 38.9 Å². The molecule has 0 aliphatic rings. The third-order valence-electron chi connectivity index (χ3n) is 1.92. The van der Waals surface area contributed by atoms with Crippen molar-refractivity contribution in [2.24, 2.45) is 0 Å². The second-order valence-electron chi connectivity index (χ2n) is 2.93. The molecule has 0 fully saturated rings. The van der Waals surface area contributed by atoms with Crippen molar-refractivity contribution in [3.05, 3.63) is 48.3 Å². The van der Waals surface area contributed by atoms with E-state index in [2.05, 4.69) is 4.98 Å². The molecule has 0 atom stereocenters. The lowest BCUT2D eigenvalue weighted by Crippen LogP contribution is -1.92. The summed E-state index contributed by atoms with van der Waals surface area (Å²) in [6.45, 7) is 0. The van der Waals surface area contributed by atoms with Crippen molar-refractivity contribution < 1.29 is 4.39 Å². The molecule has 0 unspecified atom stereocenters. The number of hydrogen-bond acceptors (Lipinski definition) is 2. The van der Waals surface area contributed by atoms with Gasteiger partial charge in [0.1, 0.15) is 11.6 Å². The first-order valence-electron chi connectivity index (χ1n) is 4.25. The molecule has 2 nitrogen and oxygen atoms in total. The lowest BCUT2D eigenvalue weighted by Gasteiger charge is -2.02. The molecule has 2 rings (SSSR count). The molecule has 0 radical (unpaired) electrons. The Morgan fingerprint density at radius 2 is 1.79 bits per heavy atom. The number of nitrogens with two attached hydrogens (primary N) is 1. The maximum atomic E-state index is 13.3. The Bertz CT molecular complexity index is 455. The SMILES string of the molecule is Nc1cccc(-c2ccccc2F)n1. The average Bonchev–Trinajstić information content (AvgIpc) is 2.18. The lowest BCUT2D eigenvalue weighted by molar-refractivity contribution is 0.631. The zero-order valence-corrected chi connectivity index (χ0v) is 7.44. The highest BCUT2D eigenvalue weighted by molar-refractivity contribution is 5.61. The highest BCUT2D eigenvalue weighted by Crippen LogP contribution is 2.20. The summed E-state index contributed by atoms with van der Waals surface area (Å²) >= 11 is 0. The van der Waals surface area contributed by atoms with Crippen LogP contribution in [-0.4, -0.2) is 4.98 Å². The van der Waals surface area contributed by atoms with Crippen molar-refractivity contribution >= 4 is 5.82 Å². The molecule has 1 aromatic heterocycles. The molecule has 1 aromatic carbocycles. The van der Waals surface area contributed by atoms with Crippen molar-refractivity contribution in [3.63, 3.8) is 0 Å². The molecule has 0 saturated heterocycles. The van der Waals surface area contributed by atoms with E-state index in [1.165, 1.54) is 6.07 Å². The summed E-state index contributed by atoms with van der Waals surface area (Å²) in [5.74, 6) is 0.108. The van der Waals surface area contributed by atoms with E-state index in [4.69, 9.17) is 5.73 Å². The fourth-order valence-corrected chi connectivity index (χ4v) is 1.27. The van der Waals surface area contributed by atoms with Crippen LogP contribution in [0, 0.1) is 5.82 Å². The largest absolute Gasteiger partial charge is 0.384 e. The van der Waals surface area contributed by atoms with E-state index >= 15 is 0 Å². The summed E-state index contributed by atoms with van der Waals surface area (Å²) in [6.07, 6.45) is 0. The van der Waals surface area contributed by atoms with E-state index in [1.807, 2.05) is 0 Å². The van der Waals surface area contributed by atoms with Crippen LogP contribution in [0.1, 0.15) is 0 Å². The number of hydrogen-bond donors (Lipinski definition) is 1. The number of nitrogens with zero attached hydrogens (tertiary/aromatic N) is 1.